The predicted molar refractivity (Wildman–Crippen MR) is 110 cm³/mol. The number of carbonyl (C=O) groups is 1. The lowest BCUT2D eigenvalue weighted by atomic mass is 10.1. The zero-order valence-electron chi connectivity index (χ0n) is 16.5. The SMILES string of the molecule is Cc1ccc(-n2nc(-c3ccccc3)cc2C(=O)N2C[C@H](C)O[C@@H](C)C2)cc1. The summed E-state index contributed by atoms with van der Waals surface area (Å²) in [6.45, 7) is 7.22. The highest BCUT2D eigenvalue weighted by molar-refractivity contribution is 5.94. The number of morpholine rings is 1. The number of hydrogen-bond acceptors (Lipinski definition) is 3. The van der Waals surface area contributed by atoms with E-state index in [-0.39, 0.29) is 18.1 Å². The first kappa shape index (κ1) is 18.4. The molecule has 1 fully saturated rings. The van der Waals surface area contributed by atoms with Gasteiger partial charge in [-0.1, -0.05) is 48.0 Å². The number of aryl methyl sites for hydroxylation is 1. The lowest BCUT2D eigenvalue weighted by Gasteiger charge is -2.35. The second-order valence-corrected chi connectivity index (χ2v) is 7.50. The molecule has 2 atom stereocenters. The van der Waals surface area contributed by atoms with Gasteiger partial charge in [-0.2, -0.15) is 5.10 Å². The standard InChI is InChI=1S/C23H25N3O2/c1-16-9-11-20(12-10-16)26-22(13-21(24-26)19-7-5-4-6-8-19)23(27)25-14-17(2)28-18(3)15-25/h4-13,17-18H,14-15H2,1-3H3/t17-,18-/m0/s1. The zero-order chi connectivity index (χ0) is 19.7. The minimum Gasteiger partial charge on any atom is -0.372 e. The summed E-state index contributed by atoms with van der Waals surface area (Å²) in [5.41, 5.74) is 4.40. The summed E-state index contributed by atoms with van der Waals surface area (Å²) in [7, 11) is 0. The van der Waals surface area contributed by atoms with Gasteiger partial charge in [-0.3, -0.25) is 4.79 Å². The maximum atomic E-state index is 13.4. The Morgan fingerprint density at radius 2 is 1.64 bits per heavy atom. The number of benzene rings is 2. The van der Waals surface area contributed by atoms with Crippen molar-refractivity contribution in [3.05, 3.63) is 71.9 Å². The Morgan fingerprint density at radius 1 is 1.00 bits per heavy atom. The van der Waals surface area contributed by atoms with Crippen LogP contribution >= 0.6 is 0 Å². The molecule has 1 aromatic heterocycles. The molecule has 0 saturated carbocycles. The van der Waals surface area contributed by atoms with E-state index in [9.17, 15) is 4.79 Å². The van der Waals surface area contributed by atoms with E-state index in [1.54, 1.807) is 4.68 Å². The molecule has 5 heteroatoms. The van der Waals surface area contributed by atoms with Gasteiger partial charge in [-0.05, 0) is 39.0 Å². The number of hydrogen-bond donors (Lipinski definition) is 0. The van der Waals surface area contributed by atoms with Crippen molar-refractivity contribution >= 4 is 5.91 Å². The second-order valence-electron chi connectivity index (χ2n) is 7.50. The summed E-state index contributed by atoms with van der Waals surface area (Å²) < 4.78 is 7.55. The molecule has 0 spiro atoms. The lowest BCUT2D eigenvalue weighted by Crippen LogP contribution is -2.48. The van der Waals surface area contributed by atoms with Gasteiger partial charge in [0.25, 0.3) is 5.91 Å². The van der Waals surface area contributed by atoms with Crippen molar-refractivity contribution in [2.75, 3.05) is 13.1 Å². The number of rotatable bonds is 3. The fourth-order valence-corrected chi connectivity index (χ4v) is 3.67. The van der Waals surface area contributed by atoms with E-state index in [4.69, 9.17) is 9.84 Å². The zero-order valence-corrected chi connectivity index (χ0v) is 16.5. The van der Waals surface area contributed by atoms with E-state index in [1.165, 1.54) is 5.56 Å². The van der Waals surface area contributed by atoms with E-state index in [1.807, 2.05) is 86.3 Å². The average Bonchev–Trinajstić information content (AvgIpc) is 3.13. The van der Waals surface area contributed by atoms with Gasteiger partial charge in [-0.25, -0.2) is 4.68 Å². The van der Waals surface area contributed by atoms with Crippen LogP contribution in [-0.4, -0.2) is 45.9 Å². The molecule has 0 radical (unpaired) electrons. The third-order valence-corrected chi connectivity index (χ3v) is 4.98. The largest absolute Gasteiger partial charge is 0.372 e. The molecule has 28 heavy (non-hydrogen) atoms. The van der Waals surface area contributed by atoms with Crippen LogP contribution < -0.4 is 0 Å². The molecule has 3 aromatic rings. The van der Waals surface area contributed by atoms with E-state index in [2.05, 4.69) is 0 Å². The molecule has 144 valence electrons. The number of aromatic nitrogens is 2. The topological polar surface area (TPSA) is 47.4 Å². The first-order valence-electron chi connectivity index (χ1n) is 9.68. The molecule has 0 bridgehead atoms. The molecule has 2 aromatic carbocycles. The first-order valence-corrected chi connectivity index (χ1v) is 9.68. The Kier molecular flexibility index (Phi) is 5.01. The molecule has 1 aliphatic heterocycles. The van der Waals surface area contributed by atoms with Gasteiger partial charge in [0, 0.05) is 18.7 Å². The minimum absolute atomic E-state index is 0.0164. The van der Waals surface area contributed by atoms with Crippen molar-refractivity contribution in [1.29, 1.82) is 0 Å². The molecule has 4 rings (SSSR count). The molecule has 5 nitrogen and oxygen atoms in total. The van der Waals surface area contributed by atoms with Crippen LogP contribution in [0.25, 0.3) is 16.9 Å². The van der Waals surface area contributed by atoms with Crippen LogP contribution in [0.2, 0.25) is 0 Å². The third-order valence-electron chi connectivity index (χ3n) is 4.98. The van der Waals surface area contributed by atoms with Crippen molar-refractivity contribution in [2.24, 2.45) is 0 Å². The number of amides is 1. The highest BCUT2D eigenvalue weighted by Crippen LogP contribution is 2.24. The normalized spacial score (nSPS) is 19.6. The molecule has 0 N–H and O–H groups in total. The molecule has 0 aliphatic carbocycles. The van der Waals surface area contributed by atoms with Crippen LogP contribution in [0, 0.1) is 6.92 Å². The van der Waals surface area contributed by atoms with E-state index in [0.717, 1.165) is 16.9 Å². The van der Waals surface area contributed by atoms with Crippen molar-refractivity contribution in [2.45, 2.75) is 33.0 Å². The van der Waals surface area contributed by atoms with Gasteiger partial charge in [0.1, 0.15) is 5.69 Å². The van der Waals surface area contributed by atoms with Crippen LogP contribution in [0.15, 0.2) is 60.7 Å². The highest BCUT2D eigenvalue weighted by atomic mass is 16.5. The smallest absolute Gasteiger partial charge is 0.272 e. The Hall–Kier alpha value is -2.92. The highest BCUT2D eigenvalue weighted by Gasteiger charge is 2.29. The summed E-state index contributed by atoms with van der Waals surface area (Å²) in [5, 5.41) is 4.77. The van der Waals surface area contributed by atoms with Gasteiger partial charge >= 0.3 is 0 Å². The van der Waals surface area contributed by atoms with Crippen LogP contribution in [0.4, 0.5) is 0 Å². The summed E-state index contributed by atoms with van der Waals surface area (Å²) in [5.74, 6) is -0.0164. The molecule has 1 amide bonds. The van der Waals surface area contributed by atoms with Crippen LogP contribution in [0.5, 0.6) is 0 Å². The van der Waals surface area contributed by atoms with Crippen molar-refractivity contribution in [3.8, 4) is 16.9 Å². The van der Waals surface area contributed by atoms with E-state index in [0.29, 0.717) is 18.8 Å². The molecule has 2 heterocycles. The van der Waals surface area contributed by atoms with Gasteiger partial charge < -0.3 is 9.64 Å². The minimum atomic E-state index is -0.0164. The molecular weight excluding hydrogens is 350 g/mol. The van der Waals surface area contributed by atoms with Crippen LogP contribution in [0.3, 0.4) is 0 Å². The fraction of sp³-hybridized carbons (Fsp3) is 0.304. The maximum Gasteiger partial charge on any atom is 0.272 e. The Morgan fingerprint density at radius 3 is 2.29 bits per heavy atom. The van der Waals surface area contributed by atoms with Gasteiger partial charge in [0.15, 0.2) is 0 Å². The number of nitrogens with zero attached hydrogens (tertiary/aromatic N) is 3. The second kappa shape index (κ2) is 7.60. The van der Waals surface area contributed by atoms with Gasteiger partial charge in [-0.15, -0.1) is 0 Å². The quantitative estimate of drug-likeness (QED) is 0.692. The maximum absolute atomic E-state index is 13.4. The fourth-order valence-electron chi connectivity index (χ4n) is 3.67. The summed E-state index contributed by atoms with van der Waals surface area (Å²) >= 11 is 0. The number of ether oxygens (including phenoxy) is 1. The predicted octanol–water partition coefficient (Wildman–Crippen LogP) is 4.10. The van der Waals surface area contributed by atoms with Crippen LogP contribution in [-0.2, 0) is 4.74 Å². The summed E-state index contributed by atoms with van der Waals surface area (Å²) in [6, 6.07) is 19.9. The Bertz CT molecular complexity index is 953. The van der Waals surface area contributed by atoms with Crippen molar-refractivity contribution in [1.82, 2.24) is 14.7 Å². The van der Waals surface area contributed by atoms with Gasteiger partial charge in [0.05, 0.1) is 23.6 Å². The molecule has 0 unspecified atom stereocenters. The monoisotopic (exact) mass is 375 g/mol. The number of carbonyl (C=O) groups excluding carboxylic acids is 1. The van der Waals surface area contributed by atoms with E-state index >= 15 is 0 Å². The van der Waals surface area contributed by atoms with E-state index < -0.39 is 0 Å². The average molecular weight is 375 g/mol. The Labute approximate surface area is 165 Å². The van der Waals surface area contributed by atoms with Crippen molar-refractivity contribution in [3.63, 3.8) is 0 Å². The third kappa shape index (κ3) is 3.71. The Balaban J connectivity index is 1.77. The summed E-state index contributed by atoms with van der Waals surface area (Å²) in [4.78, 5) is 15.3. The van der Waals surface area contributed by atoms with Gasteiger partial charge in [0.2, 0.25) is 0 Å². The first-order chi connectivity index (χ1) is 13.5. The molecule has 1 aliphatic rings. The van der Waals surface area contributed by atoms with Crippen molar-refractivity contribution < 1.29 is 9.53 Å². The van der Waals surface area contributed by atoms with Crippen LogP contribution in [0.1, 0.15) is 29.9 Å². The molecule has 1 saturated heterocycles. The molecular formula is C23H25N3O2. The summed E-state index contributed by atoms with van der Waals surface area (Å²) in [6.07, 6.45) is 0.0501. The lowest BCUT2D eigenvalue weighted by molar-refractivity contribution is -0.0588.